The van der Waals surface area contributed by atoms with E-state index in [1.807, 2.05) is 20.2 Å². The first-order valence-electron chi connectivity index (χ1n) is 4.00. The van der Waals surface area contributed by atoms with Gasteiger partial charge >= 0.3 is 0 Å². The second-order valence-corrected chi connectivity index (χ2v) is 2.84. The Labute approximate surface area is 76.5 Å². The monoisotopic (exact) mass is 174 g/mol. The molecule has 0 aromatic carbocycles. The Morgan fingerprint density at radius 3 is 2.42 bits per heavy atom. The first kappa shape index (κ1) is 13.9. The van der Waals surface area contributed by atoms with Gasteiger partial charge < -0.3 is 11.1 Å². The van der Waals surface area contributed by atoms with Crippen LogP contribution < -0.4 is 6.15 Å². The molecule has 0 fully saturated rings. The summed E-state index contributed by atoms with van der Waals surface area (Å²) in [5.41, 5.74) is 0. The van der Waals surface area contributed by atoms with Gasteiger partial charge in [0, 0.05) is 7.47 Å². The number of aldehydes is 1. The van der Waals surface area contributed by atoms with Gasteiger partial charge in [-0.15, -0.1) is 0 Å². The van der Waals surface area contributed by atoms with Crippen LogP contribution in [0.3, 0.4) is 0 Å². The largest absolute Gasteiger partial charge is 0.344 e. The average molecular weight is 174 g/mol. The third-order valence-electron chi connectivity index (χ3n) is 1.66. The number of carbonyl (C=O) groups is 1. The zero-order valence-corrected chi connectivity index (χ0v) is 8.29. The number of likely N-dealkylation sites (N-methyl/N-ethyl adjacent to an activating group) is 1. The second-order valence-electron chi connectivity index (χ2n) is 2.84. The molecule has 0 amide bonds. The second kappa shape index (κ2) is 8.43. The van der Waals surface area contributed by atoms with Gasteiger partial charge in [0.2, 0.25) is 0 Å². The highest BCUT2D eigenvalue weighted by atomic mass is 16.1. The Morgan fingerprint density at radius 2 is 2.08 bits per heavy atom. The van der Waals surface area contributed by atoms with Crippen LogP contribution in [0.15, 0.2) is 12.2 Å². The Bertz CT molecular complexity index is 138. The Hall–Kier alpha value is -0.670. The summed E-state index contributed by atoms with van der Waals surface area (Å²) in [5.74, 6) is 0. The van der Waals surface area contributed by atoms with Crippen molar-refractivity contribution in [2.24, 2.45) is 0 Å². The standard InChI is InChI=1S/C9H17NO.H3N.H2/c1-4-6-9(10(2)3)7-5-8-11;;/h5,7-9H,4,6H2,1-3H3;1H3;1H/b7-5+;;. The smallest absolute Gasteiger partial charge is 0.142 e. The fourth-order valence-corrected chi connectivity index (χ4v) is 0.996. The molecule has 0 heterocycles. The van der Waals surface area contributed by atoms with Crippen LogP contribution in [-0.4, -0.2) is 31.3 Å². The average Bonchev–Trinajstić information content (AvgIpc) is 1.97. The van der Waals surface area contributed by atoms with E-state index >= 15 is 0 Å². The van der Waals surface area contributed by atoms with E-state index in [1.54, 1.807) is 6.08 Å². The van der Waals surface area contributed by atoms with E-state index < -0.39 is 0 Å². The van der Waals surface area contributed by atoms with Crippen LogP contribution in [0.4, 0.5) is 0 Å². The van der Waals surface area contributed by atoms with Gasteiger partial charge in [0.15, 0.2) is 0 Å². The molecule has 3 N–H and O–H groups in total. The number of rotatable bonds is 5. The Kier molecular flexibility index (Phi) is 9.75. The minimum atomic E-state index is 0. The number of hydrogen-bond donors (Lipinski definition) is 1. The quantitative estimate of drug-likeness (QED) is 0.511. The number of allylic oxidation sites excluding steroid dienone is 1. The van der Waals surface area contributed by atoms with Gasteiger partial charge in [0.05, 0.1) is 0 Å². The van der Waals surface area contributed by atoms with Crippen molar-refractivity contribution in [1.82, 2.24) is 11.1 Å². The van der Waals surface area contributed by atoms with Gasteiger partial charge in [-0.1, -0.05) is 19.4 Å². The van der Waals surface area contributed by atoms with Crippen molar-refractivity contribution in [3.05, 3.63) is 12.2 Å². The fourth-order valence-electron chi connectivity index (χ4n) is 0.996. The summed E-state index contributed by atoms with van der Waals surface area (Å²) in [6.07, 6.45) is 6.59. The summed E-state index contributed by atoms with van der Waals surface area (Å²) in [7, 11) is 4.05. The van der Waals surface area contributed by atoms with Crippen LogP contribution >= 0.6 is 0 Å². The molecule has 3 nitrogen and oxygen atoms in total. The number of carbonyl (C=O) groups excluding carboxylic acids is 1. The lowest BCUT2D eigenvalue weighted by Crippen LogP contribution is -2.25. The van der Waals surface area contributed by atoms with Gasteiger partial charge in [-0.3, -0.25) is 4.79 Å². The zero-order chi connectivity index (χ0) is 8.69. The first-order valence-corrected chi connectivity index (χ1v) is 4.00. The van der Waals surface area contributed by atoms with E-state index in [0.717, 1.165) is 19.1 Å². The summed E-state index contributed by atoms with van der Waals surface area (Å²) >= 11 is 0. The maximum Gasteiger partial charge on any atom is 0.142 e. The molecule has 0 spiro atoms. The predicted octanol–water partition coefficient (Wildman–Crippen LogP) is 1.88. The number of nitrogens with zero attached hydrogens (tertiary/aromatic N) is 1. The molecule has 0 radical (unpaired) electrons. The fraction of sp³-hybridized carbons (Fsp3) is 0.667. The predicted molar refractivity (Wildman–Crippen MR) is 54.7 cm³/mol. The molecule has 1 unspecified atom stereocenters. The van der Waals surface area contributed by atoms with Gasteiger partial charge in [-0.25, -0.2) is 0 Å². The molecule has 0 aromatic heterocycles. The van der Waals surface area contributed by atoms with Crippen LogP contribution in [0.5, 0.6) is 0 Å². The van der Waals surface area contributed by atoms with Crippen LogP contribution in [0.2, 0.25) is 0 Å². The van der Waals surface area contributed by atoms with Gasteiger partial charge in [0.25, 0.3) is 0 Å². The SMILES string of the molecule is CCCC(/C=C/C=O)N(C)C.N.[HH]. The molecule has 0 aromatic rings. The van der Waals surface area contributed by atoms with Crippen molar-refractivity contribution in [2.45, 2.75) is 25.8 Å². The summed E-state index contributed by atoms with van der Waals surface area (Å²) in [6, 6.07) is 0.408. The summed E-state index contributed by atoms with van der Waals surface area (Å²) < 4.78 is 0. The van der Waals surface area contributed by atoms with E-state index in [4.69, 9.17) is 0 Å². The molecule has 3 heteroatoms. The lowest BCUT2D eigenvalue weighted by molar-refractivity contribution is -0.104. The molecule has 0 rings (SSSR count). The van der Waals surface area contributed by atoms with Crippen molar-refractivity contribution >= 4 is 6.29 Å². The van der Waals surface area contributed by atoms with Crippen molar-refractivity contribution in [1.29, 1.82) is 0 Å². The van der Waals surface area contributed by atoms with E-state index in [-0.39, 0.29) is 7.58 Å². The van der Waals surface area contributed by atoms with E-state index in [1.165, 1.54) is 0 Å². The summed E-state index contributed by atoms with van der Waals surface area (Å²) in [4.78, 5) is 12.1. The molecule has 0 aliphatic rings. The first-order chi connectivity index (χ1) is 5.22. The zero-order valence-electron chi connectivity index (χ0n) is 8.29. The van der Waals surface area contributed by atoms with E-state index in [2.05, 4.69) is 11.8 Å². The molecular formula is C9H22N2O. The maximum atomic E-state index is 10.0. The van der Waals surface area contributed by atoms with Crippen LogP contribution in [-0.2, 0) is 4.79 Å². The van der Waals surface area contributed by atoms with E-state index in [9.17, 15) is 4.79 Å². The van der Waals surface area contributed by atoms with Crippen molar-refractivity contribution < 1.29 is 6.22 Å². The van der Waals surface area contributed by atoms with Crippen LogP contribution in [0.25, 0.3) is 0 Å². The van der Waals surface area contributed by atoms with Crippen LogP contribution in [0.1, 0.15) is 21.2 Å². The summed E-state index contributed by atoms with van der Waals surface area (Å²) in [5, 5.41) is 0. The topological polar surface area (TPSA) is 55.3 Å². The minimum Gasteiger partial charge on any atom is -0.344 e. The van der Waals surface area contributed by atoms with Gasteiger partial charge in [0.1, 0.15) is 6.29 Å². The molecule has 0 saturated heterocycles. The molecular weight excluding hydrogens is 152 g/mol. The third kappa shape index (κ3) is 6.07. The lowest BCUT2D eigenvalue weighted by Gasteiger charge is -2.19. The highest BCUT2D eigenvalue weighted by Gasteiger charge is 2.04. The summed E-state index contributed by atoms with van der Waals surface area (Å²) in [6.45, 7) is 2.14. The van der Waals surface area contributed by atoms with Gasteiger partial charge in [-0.05, 0) is 26.6 Å². The molecule has 0 aliphatic carbocycles. The maximum absolute atomic E-state index is 10.0. The minimum absolute atomic E-state index is 0. The highest BCUT2D eigenvalue weighted by Crippen LogP contribution is 2.03. The van der Waals surface area contributed by atoms with Crippen molar-refractivity contribution in [2.75, 3.05) is 14.1 Å². The van der Waals surface area contributed by atoms with Crippen LogP contribution in [0, 0.1) is 0 Å². The molecule has 0 bridgehead atoms. The Balaban J connectivity index is -0.000000500. The normalized spacial score (nSPS) is 13.0. The molecule has 12 heavy (non-hydrogen) atoms. The van der Waals surface area contributed by atoms with Gasteiger partial charge in [-0.2, -0.15) is 0 Å². The van der Waals surface area contributed by atoms with Crippen molar-refractivity contribution in [3.8, 4) is 0 Å². The number of hydrogen-bond acceptors (Lipinski definition) is 3. The Morgan fingerprint density at radius 1 is 1.50 bits per heavy atom. The van der Waals surface area contributed by atoms with Crippen molar-refractivity contribution in [3.63, 3.8) is 0 Å². The third-order valence-corrected chi connectivity index (χ3v) is 1.66. The lowest BCUT2D eigenvalue weighted by atomic mass is 10.1. The van der Waals surface area contributed by atoms with E-state index in [0.29, 0.717) is 6.04 Å². The molecule has 1 atom stereocenters. The molecule has 0 saturated carbocycles. The highest BCUT2D eigenvalue weighted by molar-refractivity contribution is 5.64. The molecule has 0 aliphatic heterocycles. The molecule has 74 valence electrons.